The highest BCUT2D eigenvalue weighted by Gasteiger charge is 2.38. The van der Waals surface area contributed by atoms with E-state index in [0.29, 0.717) is 6.04 Å². The summed E-state index contributed by atoms with van der Waals surface area (Å²) in [5.41, 5.74) is 5.54. The molecule has 0 bridgehead atoms. The predicted octanol–water partition coefficient (Wildman–Crippen LogP) is 5.14. The molecule has 1 N–H and O–H groups in total. The standard InChI is InChI=1S/C28H30N4O/c1-31(2)24-14-6-11-22(19-24)28(21-9-4-3-5-10-21)16-15-25-26(20-28)32(17-8-18-33)30-27(25)29-23-12-7-13-23/h3-6,8-11,14-19,23H,7,12-13,20H2,1-2H3,(H,29,30). The fourth-order valence-corrected chi connectivity index (χ4v) is 4.83. The smallest absolute Gasteiger partial charge is 0.156 e. The van der Waals surface area contributed by atoms with Gasteiger partial charge in [-0.25, -0.2) is 4.68 Å². The largest absolute Gasteiger partial charge is 0.378 e. The van der Waals surface area contributed by atoms with Crippen molar-refractivity contribution in [1.29, 1.82) is 0 Å². The van der Waals surface area contributed by atoms with Gasteiger partial charge in [0.2, 0.25) is 0 Å². The van der Waals surface area contributed by atoms with E-state index in [9.17, 15) is 4.79 Å². The van der Waals surface area contributed by atoms with Crippen molar-refractivity contribution in [2.75, 3.05) is 24.3 Å². The molecule has 1 atom stereocenters. The van der Waals surface area contributed by atoms with Gasteiger partial charge in [-0.05, 0) is 48.6 Å². The van der Waals surface area contributed by atoms with Gasteiger partial charge in [-0.3, -0.25) is 4.79 Å². The molecule has 5 rings (SSSR count). The predicted molar refractivity (Wildman–Crippen MR) is 136 cm³/mol. The number of aromatic nitrogens is 2. The molecule has 0 spiro atoms. The van der Waals surface area contributed by atoms with Crippen molar-refractivity contribution in [3.63, 3.8) is 0 Å². The van der Waals surface area contributed by atoms with Crippen LogP contribution in [-0.4, -0.2) is 36.2 Å². The van der Waals surface area contributed by atoms with E-state index in [4.69, 9.17) is 5.10 Å². The zero-order valence-electron chi connectivity index (χ0n) is 19.2. The molecule has 5 nitrogen and oxygen atoms in total. The molecule has 1 unspecified atom stereocenters. The maximum Gasteiger partial charge on any atom is 0.156 e. The van der Waals surface area contributed by atoms with E-state index in [-0.39, 0.29) is 5.41 Å². The van der Waals surface area contributed by atoms with Gasteiger partial charge in [0.25, 0.3) is 0 Å². The number of nitrogens with one attached hydrogen (secondary N) is 1. The minimum Gasteiger partial charge on any atom is -0.378 e. The second kappa shape index (κ2) is 8.74. The lowest BCUT2D eigenvalue weighted by Crippen LogP contribution is -2.31. The van der Waals surface area contributed by atoms with Crippen molar-refractivity contribution in [1.82, 2.24) is 9.78 Å². The van der Waals surface area contributed by atoms with Crippen molar-refractivity contribution in [2.24, 2.45) is 0 Å². The third kappa shape index (κ3) is 3.88. The summed E-state index contributed by atoms with van der Waals surface area (Å²) in [6, 6.07) is 19.9. The monoisotopic (exact) mass is 438 g/mol. The highest BCUT2D eigenvalue weighted by molar-refractivity contribution is 5.74. The number of allylic oxidation sites excluding steroid dienone is 2. The fraction of sp³-hybridized carbons (Fsp3) is 0.286. The minimum absolute atomic E-state index is 0.333. The molecule has 0 radical (unpaired) electrons. The first-order valence-electron chi connectivity index (χ1n) is 11.6. The first-order chi connectivity index (χ1) is 16.1. The first kappa shape index (κ1) is 21.3. The number of nitrogens with zero attached hydrogens (tertiary/aromatic N) is 3. The Balaban J connectivity index is 1.66. The van der Waals surface area contributed by atoms with E-state index >= 15 is 0 Å². The Labute approximate surface area is 195 Å². The zero-order valence-corrected chi connectivity index (χ0v) is 19.2. The third-order valence-electron chi connectivity index (χ3n) is 6.95. The molecule has 33 heavy (non-hydrogen) atoms. The molecule has 1 saturated carbocycles. The van der Waals surface area contributed by atoms with Gasteiger partial charge in [0.1, 0.15) is 6.29 Å². The van der Waals surface area contributed by atoms with Gasteiger partial charge in [0.05, 0.1) is 5.69 Å². The normalized spacial score (nSPS) is 19.8. The lowest BCUT2D eigenvalue weighted by atomic mass is 9.68. The van der Waals surface area contributed by atoms with Crippen LogP contribution in [-0.2, 0) is 16.6 Å². The molecule has 0 aliphatic heterocycles. The quantitative estimate of drug-likeness (QED) is 0.410. The van der Waals surface area contributed by atoms with Gasteiger partial charge in [0, 0.05) is 49.4 Å². The molecular weight excluding hydrogens is 408 g/mol. The van der Waals surface area contributed by atoms with Crippen LogP contribution in [0.2, 0.25) is 0 Å². The third-order valence-corrected chi connectivity index (χ3v) is 6.95. The van der Waals surface area contributed by atoms with E-state index < -0.39 is 0 Å². The fourth-order valence-electron chi connectivity index (χ4n) is 4.83. The van der Waals surface area contributed by atoms with Crippen LogP contribution in [0.1, 0.15) is 41.6 Å². The minimum atomic E-state index is -0.333. The Bertz CT molecular complexity index is 1200. The maximum atomic E-state index is 11.1. The zero-order chi connectivity index (χ0) is 22.8. The molecule has 1 fully saturated rings. The number of carbonyl (C=O) groups excluding carboxylic acids is 1. The van der Waals surface area contributed by atoms with Crippen molar-refractivity contribution in [3.05, 3.63) is 89.1 Å². The van der Waals surface area contributed by atoms with Crippen LogP contribution in [0.3, 0.4) is 0 Å². The summed E-state index contributed by atoms with van der Waals surface area (Å²) in [6.07, 6.45) is 13.0. The molecule has 168 valence electrons. The van der Waals surface area contributed by atoms with Gasteiger partial charge in [-0.15, -0.1) is 0 Å². The summed E-state index contributed by atoms with van der Waals surface area (Å²) in [5, 5.41) is 8.47. The van der Waals surface area contributed by atoms with Crippen LogP contribution < -0.4 is 10.2 Å². The van der Waals surface area contributed by atoms with E-state index in [1.807, 2.05) is 4.68 Å². The summed E-state index contributed by atoms with van der Waals surface area (Å²) in [4.78, 5) is 13.2. The molecule has 2 aliphatic carbocycles. The summed E-state index contributed by atoms with van der Waals surface area (Å²) in [7, 11) is 4.14. The number of carbonyl (C=O) groups is 1. The van der Waals surface area contributed by atoms with Crippen LogP contribution in [0.15, 0.2) is 66.7 Å². The summed E-state index contributed by atoms with van der Waals surface area (Å²) < 4.78 is 1.88. The number of anilines is 2. The van der Waals surface area contributed by atoms with Gasteiger partial charge >= 0.3 is 0 Å². The Hall–Kier alpha value is -3.60. The number of aldehydes is 1. The molecule has 1 aromatic heterocycles. The van der Waals surface area contributed by atoms with Crippen molar-refractivity contribution in [2.45, 2.75) is 37.1 Å². The van der Waals surface area contributed by atoms with Crippen LogP contribution in [0, 0.1) is 0 Å². The number of rotatable bonds is 7. The Morgan fingerprint density at radius 2 is 1.88 bits per heavy atom. The topological polar surface area (TPSA) is 50.2 Å². The highest BCUT2D eigenvalue weighted by atomic mass is 16.1. The lowest BCUT2D eigenvalue weighted by Gasteiger charge is -2.35. The summed E-state index contributed by atoms with van der Waals surface area (Å²) in [6.45, 7) is 0. The summed E-state index contributed by atoms with van der Waals surface area (Å²) >= 11 is 0. The van der Waals surface area contributed by atoms with Crippen LogP contribution in [0.25, 0.3) is 12.3 Å². The molecule has 5 heteroatoms. The van der Waals surface area contributed by atoms with Crippen molar-refractivity contribution in [3.8, 4) is 0 Å². The van der Waals surface area contributed by atoms with Crippen molar-refractivity contribution < 1.29 is 4.79 Å². The molecular formula is C28H30N4O. The van der Waals surface area contributed by atoms with E-state index in [1.54, 1.807) is 6.20 Å². The number of benzene rings is 2. The van der Waals surface area contributed by atoms with Crippen LogP contribution in [0.5, 0.6) is 0 Å². The van der Waals surface area contributed by atoms with Gasteiger partial charge in [-0.1, -0.05) is 54.6 Å². The number of fused-ring (bicyclic) bond motifs is 1. The molecule has 0 amide bonds. The number of hydrogen-bond acceptors (Lipinski definition) is 4. The van der Waals surface area contributed by atoms with Crippen molar-refractivity contribution >= 4 is 30.1 Å². The molecule has 2 aromatic carbocycles. The Morgan fingerprint density at radius 3 is 2.58 bits per heavy atom. The SMILES string of the molecule is CN(C)c1cccc(C2(c3ccccc3)C=Cc3c(NC4CCC4)nn(C=CC=O)c3C2)c1. The maximum absolute atomic E-state index is 11.1. The average molecular weight is 439 g/mol. The van der Waals surface area contributed by atoms with E-state index in [1.165, 1.54) is 42.2 Å². The van der Waals surface area contributed by atoms with E-state index in [2.05, 4.69) is 91.1 Å². The average Bonchev–Trinajstić information content (AvgIpc) is 3.17. The lowest BCUT2D eigenvalue weighted by molar-refractivity contribution is -0.104. The first-order valence-corrected chi connectivity index (χ1v) is 11.6. The molecule has 2 aliphatic rings. The molecule has 1 heterocycles. The second-order valence-corrected chi connectivity index (χ2v) is 9.20. The second-order valence-electron chi connectivity index (χ2n) is 9.20. The van der Waals surface area contributed by atoms with Crippen LogP contribution in [0.4, 0.5) is 11.5 Å². The van der Waals surface area contributed by atoms with Gasteiger partial charge in [0.15, 0.2) is 5.82 Å². The van der Waals surface area contributed by atoms with Gasteiger partial charge in [-0.2, -0.15) is 5.10 Å². The van der Waals surface area contributed by atoms with Gasteiger partial charge < -0.3 is 10.2 Å². The molecule has 0 saturated heterocycles. The Morgan fingerprint density at radius 1 is 1.09 bits per heavy atom. The molecule has 3 aromatic rings. The summed E-state index contributed by atoms with van der Waals surface area (Å²) in [5.74, 6) is 0.908. The Kier molecular flexibility index (Phi) is 5.63. The van der Waals surface area contributed by atoms with E-state index in [0.717, 1.165) is 29.8 Å². The highest BCUT2D eigenvalue weighted by Crippen LogP contribution is 2.44. The van der Waals surface area contributed by atoms with Crippen LogP contribution >= 0.6 is 0 Å². The number of hydrogen-bond donors (Lipinski definition) is 1.